The lowest BCUT2D eigenvalue weighted by Crippen LogP contribution is -2.23. The molecule has 0 bridgehead atoms. The van der Waals surface area contributed by atoms with Crippen LogP contribution in [-0.4, -0.2) is 23.3 Å². The smallest absolute Gasteiger partial charge is 0.274 e. The van der Waals surface area contributed by atoms with Crippen LogP contribution in [-0.2, 0) is 0 Å². The highest BCUT2D eigenvalue weighted by atomic mass is 16.1. The molecule has 3 rings (SSSR count). The van der Waals surface area contributed by atoms with Crippen LogP contribution in [0, 0.1) is 6.92 Å². The number of aromatic nitrogens is 2. The summed E-state index contributed by atoms with van der Waals surface area (Å²) in [7, 11) is 0. The molecule has 0 amide bonds. The molecule has 1 fully saturated rings. The molecule has 1 aromatic heterocycles. The summed E-state index contributed by atoms with van der Waals surface area (Å²) in [5.74, 6) is 0. The van der Waals surface area contributed by atoms with Crippen LogP contribution in [0.5, 0.6) is 0 Å². The monoisotopic (exact) mass is 255 g/mol. The zero-order chi connectivity index (χ0) is 13.2. The standard InChI is InChI=1S/C15H17N3O/c1-11-4-6-12(7-5-11)14-13(10-16-17-15(14)19)18-8-2-3-9-18/h4-7,10H,2-3,8-9H2,1H3,(H,17,19). The Morgan fingerprint density at radius 2 is 1.84 bits per heavy atom. The number of aromatic amines is 1. The lowest BCUT2D eigenvalue weighted by atomic mass is 10.0. The van der Waals surface area contributed by atoms with Crippen molar-refractivity contribution in [3.05, 3.63) is 46.4 Å². The summed E-state index contributed by atoms with van der Waals surface area (Å²) in [5, 5.41) is 6.50. The molecule has 0 atom stereocenters. The average Bonchev–Trinajstić information content (AvgIpc) is 2.94. The second kappa shape index (κ2) is 4.88. The summed E-state index contributed by atoms with van der Waals surface area (Å²) < 4.78 is 0. The Balaban J connectivity index is 2.13. The Hall–Kier alpha value is -2.10. The van der Waals surface area contributed by atoms with Gasteiger partial charge in [0.15, 0.2) is 0 Å². The van der Waals surface area contributed by atoms with Crippen molar-refractivity contribution in [1.82, 2.24) is 10.2 Å². The fraction of sp³-hybridized carbons (Fsp3) is 0.333. The molecule has 0 radical (unpaired) electrons. The van der Waals surface area contributed by atoms with Crippen LogP contribution < -0.4 is 10.5 Å². The number of aryl methyl sites for hydroxylation is 1. The van der Waals surface area contributed by atoms with Crippen molar-refractivity contribution in [1.29, 1.82) is 0 Å². The molecule has 1 N–H and O–H groups in total. The molecular formula is C15H17N3O. The number of benzene rings is 1. The molecule has 1 aliphatic heterocycles. The first-order valence-electron chi connectivity index (χ1n) is 6.65. The maximum Gasteiger partial charge on any atom is 0.274 e. The molecule has 2 aromatic rings. The quantitative estimate of drug-likeness (QED) is 0.896. The van der Waals surface area contributed by atoms with E-state index in [1.807, 2.05) is 31.2 Å². The molecule has 1 saturated heterocycles. The van der Waals surface area contributed by atoms with E-state index in [2.05, 4.69) is 15.1 Å². The van der Waals surface area contributed by atoms with Gasteiger partial charge < -0.3 is 4.90 Å². The van der Waals surface area contributed by atoms with Crippen LogP contribution in [0.4, 0.5) is 5.69 Å². The third-order valence-electron chi connectivity index (χ3n) is 3.62. The topological polar surface area (TPSA) is 49.0 Å². The minimum Gasteiger partial charge on any atom is -0.370 e. The van der Waals surface area contributed by atoms with Crippen molar-refractivity contribution in [2.45, 2.75) is 19.8 Å². The van der Waals surface area contributed by atoms with Gasteiger partial charge in [-0.3, -0.25) is 4.79 Å². The molecular weight excluding hydrogens is 238 g/mol. The second-order valence-electron chi connectivity index (χ2n) is 5.02. The first-order valence-corrected chi connectivity index (χ1v) is 6.65. The maximum atomic E-state index is 12.1. The van der Waals surface area contributed by atoms with E-state index in [9.17, 15) is 4.79 Å². The van der Waals surface area contributed by atoms with Crippen LogP contribution >= 0.6 is 0 Å². The van der Waals surface area contributed by atoms with Crippen LogP contribution in [0.2, 0.25) is 0 Å². The molecule has 98 valence electrons. The number of nitrogens with zero attached hydrogens (tertiary/aromatic N) is 2. The summed E-state index contributed by atoms with van der Waals surface area (Å²) in [6, 6.07) is 8.06. The number of hydrogen-bond donors (Lipinski definition) is 1. The van der Waals surface area contributed by atoms with Gasteiger partial charge in [0.1, 0.15) is 0 Å². The summed E-state index contributed by atoms with van der Waals surface area (Å²) >= 11 is 0. The lowest BCUT2D eigenvalue weighted by molar-refractivity contribution is 0.924. The van der Waals surface area contributed by atoms with E-state index >= 15 is 0 Å². The van der Waals surface area contributed by atoms with Gasteiger partial charge in [-0.1, -0.05) is 29.8 Å². The Labute approximate surface area is 112 Å². The molecule has 4 heteroatoms. The Kier molecular flexibility index (Phi) is 3.07. The minimum absolute atomic E-state index is 0.117. The van der Waals surface area contributed by atoms with Crippen molar-refractivity contribution in [3.63, 3.8) is 0 Å². The molecule has 0 unspecified atom stereocenters. The van der Waals surface area contributed by atoms with E-state index in [1.54, 1.807) is 6.20 Å². The molecule has 19 heavy (non-hydrogen) atoms. The normalized spacial score (nSPS) is 14.9. The van der Waals surface area contributed by atoms with E-state index < -0.39 is 0 Å². The summed E-state index contributed by atoms with van der Waals surface area (Å²) in [6.45, 7) is 4.05. The number of nitrogens with one attached hydrogen (secondary N) is 1. The van der Waals surface area contributed by atoms with Gasteiger partial charge in [-0.05, 0) is 25.3 Å². The first-order chi connectivity index (χ1) is 9.25. The largest absolute Gasteiger partial charge is 0.370 e. The van der Waals surface area contributed by atoms with Crippen molar-refractivity contribution >= 4 is 5.69 Å². The highest BCUT2D eigenvalue weighted by Crippen LogP contribution is 2.29. The zero-order valence-electron chi connectivity index (χ0n) is 11.0. The third-order valence-corrected chi connectivity index (χ3v) is 3.62. The van der Waals surface area contributed by atoms with E-state index in [4.69, 9.17) is 0 Å². The molecule has 1 aliphatic rings. The molecule has 1 aromatic carbocycles. The van der Waals surface area contributed by atoms with Crippen LogP contribution in [0.3, 0.4) is 0 Å². The number of hydrogen-bond acceptors (Lipinski definition) is 3. The fourth-order valence-corrected chi connectivity index (χ4v) is 2.59. The van der Waals surface area contributed by atoms with Gasteiger partial charge in [0, 0.05) is 13.1 Å². The number of rotatable bonds is 2. The highest BCUT2D eigenvalue weighted by molar-refractivity contribution is 5.77. The van der Waals surface area contributed by atoms with Crippen molar-refractivity contribution in [2.24, 2.45) is 0 Å². The van der Waals surface area contributed by atoms with Gasteiger partial charge in [0.25, 0.3) is 5.56 Å². The van der Waals surface area contributed by atoms with Crippen LogP contribution in [0.1, 0.15) is 18.4 Å². The predicted octanol–water partition coefficient (Wildman–Crippen LogP) is 2.35. The van der Waals surface area contributed by atoms with Crippen molar-refractivity contribution in [3.8, 4) is 11.1 Å². The van der Waals surface area contributed by atoms with Crippen LogP contribution in [0.25, 0.3) is 11.1 Å². The molecule has 0 aliphatic carbocycles. The highest BCUT2D eigenvalue weighted by Gasteiger charge is 2.19. The second-order valence-corrected chi connectivity index (χ2v) is 5.02. The van der Waals surface area contributed by atoms with Gasteiger partial charge in [-0.25, -0.2) is 5.10 Å². The molecule has 4 nitrogen and oxygen atoms in total. The predicted molar refractivity (Wildman–Crippen MR) is 76.5 cm³/mol. The maximum absolute atomic E-state index is 12.1. The van der Waals surface area contributed by atoms with E-state index in [-0.39, 0.29) is 5.56 Å². The van der Waals surface area contributed by atoms with E-state index in [1.165, 1.54) is 18.4 Å². The summed E-state index contributed by atoms with van der Waals surface area (Å²) in [6.07, 6.45) is 4.13. The SMILES string of the molecule is Cc1ccc(-c2c(N3CCCC3)cn[nH]c2=O)cc1. The average molecular weight is 255 g/mol. The minimum atomic E-state index is -0.117. The third kappa shape index (κ3) is 2.26. The lowest BCUT2D eigenvalue weighted by Gasteiger charge is -2.20. The Morgan fingerprint density at radius 1 is 1.16 bits per heavy atom. The van der Waals surface area contributed by atoms with Gasteiger partial charge in [0.2, 0.25) is 0 Å². The Morgan fingerprint density at radius 3 is 2.53 bits per heavy atom. The first kappa shape index (κ1) is 12.0. The van der Waals surface area contributed by atoms with Gasteiger partial charge in [0.05, 0.1) is 17.4 Å². The van der Waals surface area contributed by atoms with E-state index in [0.29, 0.717) is 0 Å². The van der Waals surface area contributed by atoms with E-state index in [0.717, 1.165) is 29.9 Å². The number of H-pyrrole nitrogens is 1. The van der Waals surface area contributed by atoms with Gasteiger partial charge in [-0.2, -0.15) is 5.10 Å². The van der Waals surface area contributed by atoms with Crippen LogP contribution in [0.15, 0.2) is 35.3 Å². The molecule has 0 spiro atoms. The van der Waals surface area contributed by atoms with Crippen molar-refractivity contribution in [2.75, 3.05) is 18.0 Å². The van der Waals surface area contributed by atoms with Gasteiger partial charge in [-0.15, -0.1) is 0 Å². The zero-order valence-corrected chi connectivity index (χ0v) is 11.0. The molecule has 0 saturated carbocycles. The van der Waals surface area contributed by atoms with Gasteiger partial charge >= 0.3 is 0 Å². The Bertz CT molecular complexity index is 625. The summed E-state index contributed by atoms with van der Waals surface area (Å²) in [4.78, 5) is 14.4. The fourth-order valence-electron chi connectivity index (χ4n) is 2.59. The van der Waals surface area contributed by atoms with Crippen molar-refractivity contribution < 1.29 is 0 Å². The molecule has 2 heterocycles. The summed E-state index contributed by atoms with van der Waals surface area (Å²) in [5.41, 5.74) is 3.71. The number of anilines is 1.